The number of piperazine rings is 1. The fourth-order valence-electron chi connectivity index (χ4n) is 3.59. The Balaban J connectivity index is 1.77. The van der Waals surface area contributed by atoms with Gasteiger partial charge in [0.05, 0.1) is 17.2 Å². The molecule has 0 spiro atoms. The van der Waals surface area contributed by atoms with Crippen molar-refractivity contribution in [3.8, 4) is 0 Å². The van der Waals surface area contributed by atoms with Gasteiger partial charge in [0.15, 0.2) is 0 Å². The van der Waals surface area contributed by atoms with E-state index in [1.165, 1.54) is 18.2 Å². The van der Waals surface area contributed by atoms with Gasteiger partial charge in [-0.2, -0.15) is 13.2 Å². The first-order chi connectivity index (χ1) is 13.3. The number of nitrogens with zero attached hydrogens (tertiary/aromatic N) is 3. The minimum Gasteiger partial charge on any atom is -0.353 e. The molecule has 2 aromatic rings. The molecule has 1 aliphatic heterocycles. The summed E-state index contributed by atoms with van der Waals surface area (Å²) in [4.78, 5) is 17.1. The Hall–Kier alpha value is -2.32. The van der Waals surface area contributed by atoms with Crippen molar-refractivity contribution in [2.75, 3.05) is 39.8 Å². The minimum atomic E-state index is -4.57. The van der Waals surface area contributed by atoms with Crippen LogP contribution in [0, 0.1) is 0 Å². The second kappa shape index (κ2) is 8.36. The van der Waals surface area contributed by atoms with E-state index >= 15 is 0 Å². The first-order valence-corrected chi connectivity index (χ1v) is 9.25. The molecule has 2 heterocycles. The number of aromatic nitrogens is 1. The Labute approximate surface area is 162 Å². The van der Waals surface area contributed by atoms with Crippen molar-refractivity contribution in [2.45, 2.75) is 12.2 Å². The van der Waals surface area contributed by atoms with E-state index in [1.54, 1.807) is 0 Å². The molecule has 1 atom stereocenters. The number of halogens is 3. The quantitative estimate of drug-likeness (QED) is 0.848. The third-order valence-corrected chi connectivity index (χ3v) is 5.24. The van der Waals surface area contributed by atoms with Crippen LogP contribution in [0.1, 0.15) is 27.7 Å². The van der Waals surface area contributed by atoms with Crippen LogP contribution in [0.5, 0.6) is 0 Å². The minimum absolute atomic E-state index is 0.101. The number of rotatable bonds is 5. The highest BCUT2D eigenvalue weighted by molar-refractivity contribution is 5.95. The van der Waals surface area contributed by atoms with E-state index in [0.29, 0.717) is 0 Å². The first-order valence-electron chi connectivity index (χ1n) is 9.25. The number of nitrogens with one attached hydrogen (secondary N) is 1. The second-order valence-corrected chi connectivity index (χ2v) is 7.15. The van der Waals surface area contributed by atoms with E-state index < -0.39 is 17.6 Å². The van der Waals surface area contributed by atoms with Crippen LogP contribution in [-0.2, 0) is 13.2 Å². The zero-order chi connectivity index (χ0) is 20.3. The molecule has 152 valence electrons. The summed E-state index contributed by atoms with van der Waals surface area (Å²) >= 11 is 0. The molecule has 28 heavy (non-hydrogen) atoms. The molecule has 1 aromatic heterocycles. The number of amides is 1. The molecule has 1 aliphatic rings. The monoisotopic (exact) mass is 394 g/mol. The first kappa shape index (κ1) is 20.4. The Morgan fingerprint density at radius 3 is 2.36 bits per heavy atom. The number of carbonyl (C=O) groups is 1. The van der Waals surface area contributed by atoms with E-state index in [0.717, 1.165) is 37.9 Å². The van der Waals surface area contributed by atoms with Crippen molar-refractivity contribution in [2.24, 2.45) is 7.05 Å². The summed E-state index contributed by atoms with van der Waals surface area (Å²) in [5, 5.41) is 2.73. The molecule has 1 unspecified atom stereocenters. The predicted molar refractivity (Wildman–Crippen MR) is 101 cm³/mol. The van der Waals surface area contributed by atoms with Crippen LogP contribution in [0.4, 0.5) is 13.2 Å². The maximum atomic E-state index is 13.2. The Kier molecular flexibility index (Phi) is 6.10. The summed E-state index contributed by atoms with van der Waals surface area (Å²) in [7, 11) is 3.99. The zero-order valence-corrected chi connectivity index (χ0v) is 16.0. The van der Waals surface area contributed by atoms with Gasteiger partial charge in [-0.15, -0.1) is 0 Å². The van der Waals surface area contributed by atoms with Crippen LogP contribution in [0.25, 0.3) is 0 Å². The summed E-state index contributed by atoms with van der Waals surface area (Å²) in [6.45, 7) is 3.73. The van der Waals surface area contributed by atoms with Gasteiger partial charge in [-0.1, -0.05) is 12.1 Å². The van der Waals surface area contributed by atoms with Crippen LogP contribution in [0.15, 0.2) is 42.6 Å². The molecule has 8 heteroatoms. The van der Waals surface area contributed by atoms with Gasteiger partial charge in [-0.05, 0) is 31.3 Å². The fourth-order valence-corrected chi connectivity index (χ4v) is 3.59. The van der Waals surface area contributed by atoms with Crippen molar-refractivity contribution in [3.63, 3.8) is 0 Å². The molecule has 1 fully saturated rings. The largest absolute Gasteiger partial charge is 0.417 e. The van der Waals surface area contributed by atoms with Crippen LogP contribution >= 0.6 is 0 Å². The van der Waals surface area contributed by atoms with E-state index in [4.69, 9.17) is 0 Å². The number of hydrogen-bond acceptors (Lipinski definition) is 3. The number of carbonyl (C=O) groups excluding carboxylic acids is 1. The zero-order valence-electron chi connectivity index (χ0n) is 16.0. The predicted octanol–water partition coefficient (Wildman–Crippen LogP) is 2.76. The molecule has 0 aliphatic carbocycles. The van der Waals surface area contributed by atoms with Gasteiger partial charge in [-0.25, -0.2) is 0 Å². The summed E-state index contributed by atoms with van der Waals surface area (Å²) < 4.78 is 41.6. The Morgan fingerprint density at radius 1 is 1.07 bits per heavy atom. The number of hydrogen-bond donors (Lipinski definition) is 1. The van der Waals surface area contributed by atoms with E-state index in [2.05, 4.69) is 22.2 Å². The van der Waals surface area contributed by atoms with Gasteiger partial charge in [0.2, 0.25) is 0 Å². The summed E-state index contributed by atoms with van der Waals surface area (Å²) in [5.41, 5.74) is -0.240. The summed E-state index contributed by atoms with van der Waals surface area (Å²) in [6.07, 6.45) is -2.64. The third kappa shape index (κ3) is 4.56. The van der Waals surface area contributed by atoms with Gasteiger partial charge < -0.3 is 14.8 Å². The normalized spacial score (nSPS) is 17.5. The van der Waals surface area contributed by atoms with E-state index in [9.17, 15) is 18.0 Å². The molecule has 1 aromatic carbocycles. The van der Waals surface area contributed by atoms with Gasteiger partial charge >= 0.3 is 6.18 Å². The van der Waals surface area contributed by atoms with E-state index in [-0.39, 0.29) is 18.2 Å². The average Bonchev–Trinajstić information content (AvgIpc) is 3.08. The SMILES string of the molecule is CN1CCN(C(CNC(=O)c2ccccc2C(F)(F)F)c2cccn2C)CC1. The number of alkyl halides is 3. The van der Waals surface area contributed by atoms with Gasteiger partial charge in [0, 0.05) is 51.7 Å². The highest BCUT2D eigenvalue weighted by atomic mass is 19.4. The van der Waals surface area contributed by atoms with Crippen molar-refractivity contribution in [3.05, 3.63) is 59.4 Å². The second-order valence-electron chi connectivity index (χ2n) is 7.15. The molecule has 1 amide bonds. The van der Waals surface area contributed by atoms with Crippen LogP contribution < -0.4 is 5.32 Å². The molecular formula is C20H25F3N4O. The lowest BCUT2D eigenvalue weighted by atomic mass is 10.1. The topological polar surface area (TPSA) is 40.5 Å². The Bertz CT molecular complexity index is 810. The molecule has 0 bridgehead atoms. The lowest BCUT2D eigenvalue weighted by molar-refractivity contribution is -0.137. The van der Waals surface area contributed by atoms with Crippen LogP contribution in [0.3, 0.4) is 0 Å². The van der Waals surface area contributed by atoms with Gasteiger partial charge in [-0.3, -0.25) is 9.69 Å². The third-order valence-electron chi connectivity index (χ3n) is 5.24. The van der Waals surface area contributed by atoms with Crippen molar-refractivity contribution >= 4 is 5.91 Å². The van der Waals surface area contributed by atoms with Gasteiger partial charge in [0.25, 0.3) is 5.91 Å². The lowest BCUT2D eigenvalue weighted by Crippen LogP contribution is -2.49. The molecule has 0 saturated carbocycles. The van der Waals surface area contributed by atoms with Crippen molar-refractivity contribution < 1.29 is 18.0 Å². The molecule has 5 nitrogen and oxygen atoms in total. The molecule has 0 radical (unpaired) electrons. The number of likely N-dealkylation sites (N-methyl/N-ethyl adjacent to an activating group) is 1. The average molecular weight is 394 g/mol. The molecule has 3 rings (SSSR count). The maximum absolute atomic E-state index is 13.2. The lowest BCUT2D eigenvalue weighted by Gasteiger charge is -2.38. The highest BCUT2D eigenvalue weighted by Crippen LogP contribution is 2.32. The van der Waals surface area contributed by atoms with Crippen LogP contribution in [-0.4, -0.2) is 60.0 Å². The van der Waals surface area contributed by atoms with Crippen LogP contribution in [0.2, 0.25) is 0 Å². The number of aryl methyl sites for hydroxylation is 1. The fraction of sp³-hybridized carbons (Fsp3) is 0.450. The summed E-state index contributed by atoms with van der Waals surface area (Å²) in [6, 6.07) is 8.69. The van der Waals surface area contributed by atoms with Gasteiger partial charge in [0.1, 0.15) is 0 Å². The van der Waals surface area contributed by atoms with E-state index in [1.807, 2.05) is 29.9 Å². The summed E-state index contributed by atoms with van der Waals surface area (Å²) in [5.74, 6) is -0.707. The Morgan fingerprint density at radius 2 is 1.75 bits per heavy atom. The smallest absolute Gasteiger partial charge is 0.353 e. The molecule has 1 N–H and O–H groups in total. The molecule has 1 saturated heterocycles. The standard InChI is InChI=1S/C20H25F3N4O/c1-25-10-12-27(13-11-25)18(17-8-5-9-26(17)2)14-24-19(28)15-6-3-4-7-16(15)20(21,22)23/h3-9,18H,10-14H2,1-2H3,(H,24,28). The van der Waals surface area contributed by atoms with Crippen molar-refractivity contribution in [1.82, 2.24) is 19.7 Å². The number of benzene rings is 1. The highest BCUT2D eigenvalue weighted by Gasteiger charge is 2.35. The maximum Gasteiger partial charge on any atom is 0.417 e. The van der Waals surface area contributed by atoms with Crippen molar-refractivity contribution in [1.29, 1.82) is 0 Å². The molecular weight excluding hydrogens is 369 g/mol.